The number of likely N-dealkylation sites (tertiary alicyclic amines) is 1. The summed E-state index contributed by atoms with van der Waals surface area (Å²) in [7, 11) is 0. The van der Waals surface area contributed by atoms with Crippen LogP contribution < -0.4 is 11.1 Å². The molecule has 0 unspecified atom stereocenters. The number of nitrogens with one attached hydrogen (secondary N) is 1. The summed E-state index contributed by atoms with van der Waals surface area (Å²) in [4.78, 5) is 24.9. The first-order chi connectivity index (χ1) is 8.87. The zero-order valence-electron chi connectivity index (χ0n) is 10.7. The molecule has 1 saturated heterocycles. The predicted octanol–water partition coefficient (Wildman–Crippen LogP) is -0.408. The second kappa shape index (κ2) is 4.89. The van der Waals surface area contributed by atoms with Gasteiger partial charge in [-0.2, -0.15) is 0 Å². The van der Waals surface area contributed by atoms with Gasteiger partial charge < -0.3 is 21.1 Å². The first-order valence-electron chi connectivity index (χ1n) is 6.01. The molecule has 0 radical (unpaired) electrons. The lowest BCUT2D eigenvalue weighted by Crippen LogP contribution is -2.63. The number of aliphatic hydroxyl groups is 1. The van der Waals surface area contributed by atoms with Crippen LogP contribution in [0.1, 0.15) is 17.3 Å². The third-order valence-corrected chi connectivity index (χ3v) is 2.99. The van der Waals surface area contributed by atoms with E-state index in [1.807, 2.05) is 0 Å². The van der Waals surface area contributed by atoms with Crippen LogP contribution in [0.25, 0.3) is 0 Å². The summed E-state index contributed by atoms with van der Waals surface area (Å²) in [6.07, 6.45) is 0. The molecule has 0 aliphatic carbocycles. The first kappa shape index (κ1) is 13.4. The van der Waals surface area contributed by atoms with Gasteiger partial charge in [0.15, 0.2) is 0 Å². The molecule has 19 heavy (non-hydrogen) atoms. The Morgan fingerprint density at radius 3 is 2.47 bits per heavy atom. The fraction of sp³-hybridized carbons (Fsp3) is 0.385. The molecule has 1 aromatic carbocycles. The number of carbonyl (C=O) groups is 2. The number of anilines is 1. The molecule has 1 aliphatic heterocycles. The Labute approximate surface area is 111 Å². The maximum absolute atomic E-state index is 11.7. The summed E-state index contributed by atoms with van der Waals surface area (Å²) in [6, 6.07) is 6.46. The number of nitrogens with zero attached hydrogens (tertiary/aromatic N) is 1. The minimum absolute atomic E-state index is 0.0701. The highest BCUT2D eigenvalue weighted by molar-refractivity contribution is 5.96. The molecule has 6 heteroatoms. The van der Waals surface area contributed by atoms with Crippen LogP contribution in [0.5, 0.6) is 0 Å². The molecule has 1 heterocycles. The predicted molar refractivity (Wildman–Crippen MR) is 70.4 cm³/mol. The van der Waals surface area contributed by atoms with Gasteiger partial charge in [0.25, 0.3) is 5.91 Å². The monoisotopic (exact) mass is 263 g/mol. The van der Waals surface area contributed by atoms with Crippen LogP contribution in [0.3, 0.4) is 0 Å². The van der Waals surface area contributed by atoms with Crippen LogP contribution >= 0.6 is 0 Å². The van der Waals surface area contributed by atoms with Gasteiger partial charge in [-0.05, 0) is 31.2 Å². The number of carbonyl (C=O) groups excluding carboxylic acids is 2. The molecule has 1 fully saturated rings. The standard InChI is InChI=1S/C13H17N3O3/c1-13(19)7-16(8-13)11(17)6-15-12(18)9-2-4-10(14)5-3-9/h2-5,19H,6-8,14H2,1H3,(H,15,18). The highest BCUT2D eigenvalue weighted by Gasteiger charge is 2.39. The van der Waals surface area contributed by atoms with Crippen LogP contribution in [0.15, 0.2) is 24.3 Å². The fourth-order valence-corrected chi connectivity index (χ4v) is 1.96. The van der Waals surface area contributed by atoms with Gasteiger partial charge in [0.05, 0.1) is 25.2 Å². The van der Waals surface area contributed by atoms with Crippen molar-refractivity contribution in [3.8, 4) is 0 Å². The van der Waals surface area contributed by atoms with Crippen LogP contribution in [0, 0.1) is 0 Å². The minimum Gasteiger partial charge on any atom is -0.399 e. The third-order valence-electron chi connectivity index (χ3n) is 2.99. The third kappa shape index (κ3) is 3.23. The van der Waals surface area contributed by atoms with Gasteiger partial charge in [0, 0.05) is 11.3 Å². The number of β-amino-alcohol motifs (C(OH)–C–C–N with tert-alkyl or cyclic N) is 1. The van der Waals surface area contributed by atoms with Crippen molar-refractivity contribution in [2.45, 2.75) is 12.5 Å². The van der Waals surface area contributed by atoms with Crippen LogP contribution in [0.4, 0.5) is 5.69 Å². The van der Waals surface area contributed by atoms with Gasteiger partial charge in [-0.1, -0.05) is 0 Å². The molecule has 2 amide bonds. The Morgan fingerprint density at radius 1 is 1.37 bits per heavy atom. The minimum atomic E-state index is -0.795. The topological polar surface area (TPSA) is 95.7 Å². The van der Waals surface area contributed by atoms with E-state index in [9.17, 15) is 14.7 Å². The first-order valence-corrected chi connectivity index (χ1v) is 6.01. The van der Waals surface area contributed by atoms with Crippen molar-refractivity contribution >= 4 is 17.5 Å². The van der Waals surface area contributed by atoms with Crippen LogP contribution in [0.2, 0.25) is 0 Å². The van der Waals surface area contributed by atoms with Gasteiger partial charge in [0.2, 0.25) is 5.91 Å². The number of benzene rings is 1. The van der Waals surface area contributed by atoms with Crippen LogP contribution in [-0.4, -0.2) is 47.1 Å². The molecule has 1 aliphatic rings. The van der Waals surface area contributed by atoms with E-state index in [2.05, 4.69) is 5.32 Å². The lowest BCUT2D eigenvalue weighted by molar-refractivity contribution is -0.151. The van der Waals surface area contributed by atoms with Crippen molar-refractivity contribution in [2.24, 2.45) is 0 Å². The van der Waals surface area contributed by atoms with Crippen molar-refractivity contribution in [3.63, 3.8) is 0 Å². The second-order valence-electron chi connectivity index (χ2n) is 5.05. The number of rotatable bonds is 3. The summed E-state index contributed by atoms with van der Waals surface area (Å²) in [5.41, 5.74) is 5.76. The maximum atomic E-state index is 11.7. The number of amides is 2. The van der Waals surface area contributed by atoms with E-state index in [0.717, 1.165) is 0 Å². The van der Waals surface area contributed by atoms with Gasteiger partial charge in [-0.15, -0.1) is 0 Å². The van der Waals surface area contributed by atoms with E-state index >= 15 is 0 Å². The summed E-state index contributed by atoms with van der Waals surface area (Å²) in [5.74, 6) is -0.518. The normalized spacial score (nSPS) is 16.6. The highest BCUT2D eigenvalue weighted by atomic mass is 16.3. The van der Waals surface area contributed by atoms with E-state index in [4.69, 9.17) is 5.73 Å². The Balaban J connectivity index is 1.81. The maximum Gasteiger partial charge on any atom is 0.251 e. The Bertz CT molecular complexity index is 488. The van der Waals surface area contributed by atoms with Crippen molar-refractivity contribution < 1.29 is 14.7 Å². The van der Waals surface area contributed by atoms with Crippen LogP contribution in [-0.2, 0) is 4.79 Å². The molecule has 0 bridgehead atoms. The lowest BCUT2D eigenvalue weighted by Gasteiger charge is -2.44. The number of hydrogen-bond donors (Lipinski definition) is 3. The molecule has 2 rings (SSSR count). The zero-order valence-corrected chi connectivity index (χ0v) is 10.7. The van der Waals surface area contributed by atoms with Gasteiger partial charge >= 0.3 is 0 Å². The van der Waals surface area contributed by atoms with Gasteiger partial charge in [-0.25, -0.2) is 0 Å². The Morgan fingerprint density at radius 2 is 1.95 bits per heavy atom. The van der Waals surface area contributed by atoms with Crippen molar-refractivity contribution in [2.75, 3.05) is 25.4 Å². The molecule has 0 saturated carbocycles. The smallest absolute Gasteiger partial charge is 0.251 e. The lowest BCUT2D eigenvalue weighted by atomic mass is 9.97. The van der Waals surface area contributed by atoms with Gasteiger partial charge in [0.1, 0.15) is 0 Å². The van der Waals surface area contributed by atoms with E-state index in [0.29, 0.717) is 24.3 Å². The SMILES string of the molecule is CC1(O)CN(C(=O)CNC(=O)c2ccc(N)cc2)C1. The summed E-state index contributed by atoms with van der Waals surface area (Å²) >= 11 is 0. The molecule has 0 atom stereocenters. The highest BCUT2D eigenvalue weighted by Crippen LogP contribution is 2.19. The number of nitrogens with two attached hydrogens (primary N) is 1. The van der Waals surface area contributed by atoms with Crippen molar-refractivity contribution in [1.82, 2.24) is 10.2 Å². The quantitative estimate of drug-likeness (QED) is 0.646. The average molecular weight is 263 g/mol. The zero-order chi connectivity index (χ0) is 14.0. The molecular formula is C13H17N3O3. The van der Waals surface area contributed by atoms with E-state index < -0.39 is 5.60 Å². The fourth-order valence-electron chi connectivity index (χ4n) is 1.96. The summed E-state index contributed by atoms with van der Waals surface area (Å²) in [5, 5.41) is 12.1. The molecule has 1 aromatic rings. The summed E-state index contributed by atoms with van der Waals surface area (Å²) < 4.78 is 0. The molecule has 0 aromatic heterocycles. The van der Waals surface area contributed by atoms with Gasteiger partial charge in [-0.3, -0.25) is 9.59 Å². The second-order valence-corrected chi connectivity index (χ2v) is 5.05. The summed E-state index contributed by atoms with van der Waals surface area (Å²) in [6.45, 7) is 2.22. The molecule has 102 valence electrons. The van der Waals surface area contributed by atoms with E-state index in [1.165, 1.54) is 4.90 Å². The molecule has 6 nitrogen and oxygen atoms in total. The number of hydrogen-bond acceptors (Lipinski definition) is 4. The molecule has 4 N–H and O–H groups in total. The molecular weight excluding hydrogens is 246 g/mol. The van der Waals surface area contributed by atoms with Crippen molar-refractivity contribution in [1.29, 1.82) is 0 Å². The Kier molecular flexibility index (Phi) is 3.44. The largest absolute Gasteiger partial charge is 0.399 e. The molecule has 0 spiro atoms. The van der Waals surface area contributed by atoms with Crippen molar-refractivity contribution in [3.05, 3.63) is 29.8 Å². The van der Waals surface area contributed by atoms with E-state index in [-0.39, 0.29) is 18.4 Å². The van der Waals surface area contributed by atoms with E-state index in [1.54, 1.807) is 31.2 Å². The average Bonchev–Trinajstić information content (AvgIpc) is 2.33. The Hall–Kier alpha value is -2.08. The number of nitrogen functional groups attached to an aromatic ring is 1.